The normalized spacial score (nSPS) is 13.4. The molecule has 0 aliphatic carbocycles. The van der Waals surface area contributed by atoms with Gasteiger partial charge in [-0.3, -0.25) is 15.0 Å². The fourth-order valence-electron chi connectivity index (χ4n) is 3.58. The first-order valence-corrected chi connectivity index (χ1v) is 13.9. The first-order valence-electron chi connectivity index (χ1n) is 10.8. The SMILES string of the molecule is CC(=N)[P+](O)(O)CC(CSCc1ccccc1)C(=O)NC(Cc1c[nH]c2ccccc12)C(N)=O. The lowest BCUT2D eigenvalue weighted by molar-refractivity contribution is -0.129. The quantitative estimate of drug-likeness (QED) is 0.166. The van der Waals surface area contributed by atoms with E-state index in [4.69, 9.17) is 11.1 Å². The van der Waals surface area contributed by atoms with Crippen LogP contribution >= 0.6 is 19.5 Å². The summed E-state index contributed by atoms with van der Waals surface area (Å²) >= 11 is 1.48. The van der Waals surface area contributed by atoms with Crippen molar-refractivity contribution in [3.63, 3.8) is 0 Å². The third-order valence-corrected chi connectivity index (χ3v) is 8.77. The zero-order valence-electron chi connectivity index (χ0n) is 18.9. The molecule has 0 saturated carbocycles. The number of aromatic amines is 1. The summed E-state index contributed by atoms with van der Waals surface area (Å²) in [7, 11) is -3.70. The van der Waals surface area contributed by atoms with Gasteiger partial charge >= 0.3 is 7.72 Å². The van der Waals surface area contributed by atoms with E-state index in [0.717, 1.165) is 22.0 Å². The average Bonchev–Trinajstić information content (AvgIpc) is 3.21. The van der Waals surface area contributed by atoms with E-state index in [-0.39, 0.29) is 18.0 Å². The molecule has 0 aliphatic heterocycles. The maximum atomic E-state index is 13.2. The van der Waals surface area contributed by atoms with Gasteiger partial charge in [-0.15, -0.1) is 0 Å². The van der Waals surface area contributed by atoms with E-state index in [2.05, 4.69) is 10.3 Å². The Morgan fingerprint density at radius 1 is 1.15 bits per heavy atom. The topological polar surface area (TPSA) is 152 Å². The molecule has 180 valence electrons. The molecular weight excluding hydrogens is 471 g/mol. The number of aromatic nitrogens is 1. The van der Waals surface area contributed by atoms with Crippen LogP contribution in [0.4, 0.5) is 0 Å². The molecule has 2 amide bonds. The molecule has 8 nitrogen and oxygen atoms in total. The summed E-state index contributed by atoms with van der Waals surface area (Å²) < 4.78 is 0. The predicted molar refractivity (Wildman–Crippen MR) is 139 cm³/mol. The fraction of sp³-hybridized carbons (Fsp3) is 0.292. The number of fused-ring (bicyclic) bond motifs is 1. The molecule has 0 spiro atoms. The maximum absolute atomic E-state index is 13.2. The number of primary amides is 1. The predicted octanol–water partition coefficient (Wildman–Crippen LogP) is 3.06. The second-order valence-corrected chi connectivity index (χ2v) is 11.8. The Morgan fingerprint density at radius 3 is 2.50 bits per heavy atom. The number of para-hydroxylation sites is 1. The van der Waals surface area contributed by atoms with E-state index in [1.54, 1.807) is 6.20 Å². The number of carbonyl (C=O) groups excluding carboxylic acids is 2. The van der Waals surface area contributed by atoms with Gasteiger partial charge in [-0.2, -0.15) is 11.8 Å². The molecule has 1 heterocycles. The Kier molecular flexibility index (Phi) is 8.85. The molecule has 0 radical (unpaired) electrons. The van der Waals surface area contributed by atoms with Gasteiger partial charge in [-0.05, 0) is 17.2 Å². The minimum absolute atomic E-state index is 0.205. The van der Waals surface area contributed by atoms with Crippen LogP contribution in [0.3, 0.4) is 0 Å². The Labute approximate surface area is 203 Å². The molecule has 2 aromatic carbocycles. The van der Waals surface area contributed by atoms with Crippen molar-refractivity contribution in [2.45, 2.75) is 25.1 Å². The van der Waals surface area contributed by atoms with Crippen LogP contribution < -0.4 is 11.1 Å². The Morgan fingerprint density at radius 2 is 1.82 bits per heavy atom. The van der Waals surface area contributed by atoms with E-state index in [1.807, 2.05) is 54.6 Å². The van der Waals surface area contributed by atoms with Crippen molar-refractivity contribution in [3.05, 3.63) is 71.9 Å². The summed E-state index contributed by atoms with van der Waals surface area (Å²) in [5.74, 6) is -1.02. The number of nitrogens with two attached hydrogens (primary N) is 1. The lowest BCUT2D eigenvalue weighted by Crippen LogP contribution is -2.49. The lowest BCUT2D eigenvalue weighted by atomic mass is 10.0. The second-order valence-electron chi connectivity index (χ2n) is 8.22. The van der Waals surface area contributed by atoms with Gasteiger partial charge in [-0.1, -0.05) is 48.5 Å². The largest absolute Gasteiger partial charge is 0.368 e. The Balaban J connectivity index is 1.72. The third kappa shape index (κ3) is 6.90. The number of hydrogen-bond donors (Lipinski definition) is 6. The number of benzene rings is 2. The molecule has 34 heavy (non-hydrogen) atoms. The van der Waals surface area contributed by atoms with Crippen LogP contribution in [0.25, 0.3) is 10.9 Å². The molecule has 0 fully saturated rings. The highest BCUT2D eigenvalue weighted by Crippen LogP contribution is 2.52. The van der Waals surface area contributed by atoms with E-state index in [1.165, 1.54) is 18.7 Å². The van der Waals surface area contributed by atoms with Crippen molar-refractivity contribution >= 4 is 47.6 Å². The fourth-order valence-corrected chi connectivity index (χ4v) is 6.04. The summed E-state index contributed by atoms with van der Waals surface area (Å²) in [6.45, 7) is 1.32. The van der Waals surface area contributed by atoms with Crippen molar-refractivity contribution in [3.8, 4) is 0 Å². The molecule has 3 aromatic rings. The highest BCUT2D eigenvalue weighted by Gasteiger charge is 2.42. The highest BCUT2D eigenvalue weighted by molar-refractivity contribution is 7.98. The van der Waals surface area contributed by atoms with Crippen LogP contribution in [0.1, 0.15) is 18.1 Å². The van der Waals surface area contributed by atoms with Crippen LogP contribution in [0, 0.1) is 11.3 Å². The number of rotatable bonds is 12. The number of amides is 2. The van der Waals surface area contributed by atoms with Crippen LogP contribution in [0.2, 0.25) is 0 Å². The molecular formula is C24H30N4O4PS+. The van der Waals surface area contributed by atoms with Gasteiger partial charge in [0, 0.05) is 42.0 Å². The number of hydrogen-bond acceptors (Lipinski definition) is 6. The first kappa shape index (κ1) is 25.9. The molecule has 1 aromatic heterocycles. The first-order chi connectivity index (χ1) is 16.2. The average molecular weight is 502 g/mol. The lowest BCUT2D eigenvalue weighted by Gasteiger charge is -2.22. The van der Waals surface area contributed by atoms with Crippen molar-refractivity contribution in [1.29, 1.82) is 5.41 Å². The molecule has 10 heteroatoms. The molecule has 7 N–H and O–H groups in total. The van der Waals surface area contributed by atoms with E-state index in [9.17, 15) is 19.4 Å². The second kappa shape index (κ2) is 11.6. The number of carbonyl (C=O) groups is 2. The van der Waals surface area contributed by atoms with Crippen LogP contribution in [0.15, 0.2) is 60.8 Å². The van der Waals surface area contributed by atoms with Gasteiger partial charge in [0.15, 0.2) is 0 Å². The summed E-state index contributed by atoms with van der Waals surface area (Å²) in [5, 5.41) is 11.3. The summed E-state index contributed by atoms with van der Waals surface area (Å²) in [5.41, 5.74) is 8.20. The molecule has 2 unspecified atom stereocenters. The van der Waals surface area contributed by atoms with E-state index in [0.29, 0.717) is 11.5 Å². The summed E-state index contributed by atoms with van der Waals surface area (Å²) in [6, 6.07) is 16.4. The summed E-state index contributed by atoms with van der Waals surface area (Å²) in [4.78, 5) is 49.2. The van der Waals surface area contributed by atoms with Gasteiger partial charge in [0.25, 0.3) is 0 Å². The molecule has 2 atom stereocenters. The molecule has 0 aliphatic rings. The number of nitrogens with one attached hydrogen (secondary N) is 3. The monoisotopic (exact) mass is 501 g/mol. The Hall–Kier alpha value is -2.71. The van der Waals surface area contributed by atoms with Crippen LogP contribution in [0.5, 0.6) is 0 Å². The zero-order chi connectivity index (χ0) is 24.7. The molecule has 0 saturated heterocycles. The van der Waals surface area contributed by atoms with Gasteiger partial charge in [0.05, 0.1) is 5.92 Å². The summed E-state index contributed by atoms with van der Waals surface area (Å²) in [6.07, 6.45) is 1.74. The number of H-pyrrole nitrogens is 1. The van der Waals surface area contributed by atoms with Gasteiger partial charge in [-0.25, -0.2) is 9.79 Å². The van der Waals surface area contributed by atoms with E-state index < -0.39 is 31.5 Å². The minimum atomic E-state index is -3.70. The number of thioether (sulfide) groups is 1. The smallest absolute Gasteiger partial charge is 0.314 e. The highest BCUT2D eigenvalue weighted by atomic mass is 32.2. The van der Waals surface area contributed by atoms with Crippen LogP contribution in [-0.2, 0) is 21.8 Å². The van der Waals surface area contributed by atoms with Gasteiger partial charge < -0.3 is 16.0 Å². The standard InChI is InChI=1S/C24H29N4O4PS/c1-16(25)33(31,32)13-19(15-34-14-17-7-3-2-4-8-17)24(30)28-22(23(26)29)11-18-12-27-21-10-6-5-9-20(18)21/h2-10,12,19,22,25,27,31-32H,11,13-15H2,1H3,(H2-,26,28,29,30)/p+1. The van der Waals surface area contributed by atoms with E-state index >= 15 is 0 Å². The minimum Gasteiger partial charge on any atom is -0.368 e. The van der Waals surface area contributed by atoms with Crippen molar-refractivity contribution in [2.24, 2.45) is 11.7 Å². The Bertz CT molecular complexity index is 1150. The van der Waals surface area contributed by atoms with Gasteiger partial charge in [0.2, 0.25) is 17.3 Å². The van der Waals surface area contributed by atoms with Crippen molar-refractivity contribution in [1.82, 2.24) is 10.3 Å². The van der Waals surface area contributed by atoms with Crippen LogP contribution in [-0.4, -0.2) is 50.0 Å². The van der Waals surface area contributed by atoms with Gasteiger partial charge in [0.1, 0.15) is 12.2 Å². The zero-order valence-corrected chi connectivity index (χ0v) is 20.6. The molecule has 3 rings (SSSR count). The maximum Gasteiger partial charge on any atom is 0.314 e. The van der Waals surface area contributed by atoms with Crippen molar-refractivity contribution in [2.75, 3.05) is 11.9 Å². The van der Waals surface area contributed by atoms with Crippen molar-refractivity contribution < 1.29 is 19.4 Å². The third-order valence-electron chi connectivity index (χ3n) is 5.57. The molecule has 0 bridgehead atoms.